The minimum Gasteiger partial charge on any atom is -0.353 e. The molecule has 0 saturated carbocycles. The van der Waals surface area contributed by atoms with E-state index in [0.717, 1.165) is 18.6 Å². The standard InChI is InChI=1S/C14H30O2S/c1-4-5-6-7-8-9-10-11-14(15-2,16-3)12-13-17/h17H,4-13H2,1-3H3. The molecule has 0 unspecified atom stereocenters. The average Bonchev–Trinajstić information content (AvgIpc) is 2.36. The molecule has 0 rings (SSSR count). The van der Waals surface area contributed by atoms with Crippen molar-refractivity contribution in [2.75, 3.05) is 20.0 Å². The molecule has 0 heterocycles. The molecule has 0 aromatic carbocycles. The van der Waals surface area contributed by atoms with Gasteiger partial charge in [-0.05, 0) is 12.2 Å². The smallest absolute Gasteiger partial charge is 0.168 e. The lowest BCUT2D eigenvalue weighted by Crippen LogP contribution is -2.34. The summed E-state index contributed by atoms with van der Waals surface area (Å²) in [7, 11) is 3.46. The highest BCUT2D eigenvalue weighted by atomic mass is 32.1. The van der Waals surface area contributed by atoms with Crippen LogP contribution in [-0.2, 0) is 9.47 Å². The van der Waals surface area contributed by atoms with Crippen LogP contribution < -0.4 is 0 Å². The van der Waals surface area contributed by atoms with Crippen molar-refractivity contribution in [1.82, 2.24) is 0 Å². The van der Waals surface area contributed by atoms with E-state index in [9.17, 15) is 0 Å². The van der Waals surface area contributed by atoms with Crippen LogP contribution in [0.25, 0.3) is 0 Å². The zero-order chi connectivity index (χ0) is 13.0. The number of unbranched alkanes of at least 4 members (excludes halogenated alkanes) is 6. The minimum atomic E-state index is -0.398. The Morgan fingerprint density at radius 1 is 0.824 bits per heavy atom. The van der Waals surface area contributed by atoms with Crippen molar-refractivity contribution in [1.29, 1.82) is 0 Å². The van der Waals surface area contributed by atoms with Gasteiger partial charge in [0.1, 0.15) is 0 Å². The number of ether oxygens (including phenoxy) is 2. The van der Waals surface area contributed by atoms with Crippen molar-refractivity contribution < 1.29 is 9.47 Å². The van der Waals surface area contributed by atoms with E-state index in [1.54, 1.807) is 14.2 Å². The summed E-state index contributed by atoms with van der Waals surface area (Å²) >= 11 is 4.26. The Bertz CT molecular complexity index is 158. The van der Waals surface area contributed by atoms with Gasteiger partial charge in [-0.2, -0.15) is 12.6 Å². The zero-order valence-corrected chi connectivity index (χ0v) is 12.7. The molecule has 0 radical (unpaired) electrons. The molecule has 0 aromatic heterocycles. The van der Waals surface area contributed by atoms with E-state index in [4.69, 9.17) is 9.47 Å². The molecule has 17 heavy (non-hydrogen) atoms. The van der Waals surface area contributed by atoms with Gasteiger partial charge in [0.2, 0.25) is 0 Å². The van der Waals surface area contributed by atoms with E-state index < -0.39 is 5.79 Å². The molecule has 2 nitrogen and oxygen atoms in total. The SMILES string of the molecule is CCCCCCCCCC(CCS)(OC)OC. The van der Waals surface area contributed by atoms with Crippen molar-refractivity contribution in [3.8, 4) is 0 Å². The summed E-state index contributed by atoms with van der Waals surface area (Å²) in [6, 6.07) is 0. The summed E-state index contributed by atoms with van der Waals surface area (Å²) < 4.78 is 11.0. The predicted octanol–water partition coefficient (Wildman–Crippen LogP) is 4.44. The fraction of sp³-hybridized carbons (Fsp3) is 1.00. The molecular weight excluding hydrogens is 232 g/mol. The Morgan fingerprint density at radius 2 is 1.35 bits per heavy atom. The van der Waals surface area contributed by atoms with Crippen molar-refractivity contribution in [3.05, 3.63) is 0 Å². The third-order valence-corrected chi connectivity index (χ3v) is 3.62. The van der Waals surface area contributed by atoms with E-state index in [0.29, 0.717) is 0 Å². The summed E-state index contributed by atoms with van der Waals surface area (Å²) in [6.45, 7) is 2.25. The largest absolute Gasteiger partial charge is 0.353 e. The van der Waals surface area contributed by atoms with Crippen molar-refractivity contribution in [2.24, 2.45) is 0 Å². The van der Waals surface area contributed by atoms with Crippen LogP contribution in [0.5, 0.6) is 0 Å². The lowest BCUT2D eigenvalue weighted by Gasteiger charge is -2.30. The van der Waals surface area contributed by atoms with Gasteiger partial charge in [-0.25, -0.2) is 0 Å². The van der Waals surface area contributed by atoms with E-state index in [1.165, 1.54) is 44.9 Å². The highest BCUT2D eigenvalue weighted by Gasteiger charge is 2.27. The topological polar surface area (TPSA) is 18.5 Å². The maximum absolute atomic E-state index is 5.50. The normalized spacial score (nSPS) is 12.0. The van der Waals surface area contributed by atoms with Gasteiger partial charge in [0, 0.05) is 27.1 Å². The third-order valence-electron chi connectivity index (χ3n) is 3.40. The first-order valence-electron chi connectivity index (χ1n) is 6.96. The number of methoxy groups -OCH3 is 2. The second kappa shape index (κ2) is 11.4. The van der Waals surface area contributed by atoms with Gasteiger partial charge in [-0.15, -0.1) is 0 Å². The Morgan fingerprint density at radius 3 is 1.82 bits per heavy atom. The van der Waals surface area contributed by atoms with Crippen molar-refractivity contribution in [3.63, 3.8) is 0 Å². The van der Waals surface area contributed by atoms with Gasteiger partial charge in [-0.1, -0.05) is 45.4 Å². The molecule has 0 atom stereocenters. The Balaban J connectivity index is 3.61. The molecule has 0 saturated heterocycles. The maximum atomic E-state index is 5.50. The molecule has 3 heteroatoms. The molecule has 0 aliphatic carbocycles. The van der Waals surface area contributed by atoms with Crippen LogP contribution in [-0.4, -0.2) is 25.8 Å². The van der Waals surface area contributed by atoms with Crippen LogP contribution >= 0.6 is 12.6 Å². The van der Waals surface area contributed by atoms with Crippen LogP contribution in [0.1, 0.15) is 64.7 Å². The summed E-state index contributed by atoms with van der Waals surface area (Å²) in [5.74, 6) is 0.406. The molecule has 0 fully saturated rings. The molecule has 0 bridgehead atoms. The number of thiol groups is 1. The van der Waals surface area contributed by atoms with Gasteiger partial charge in [-0.3, -0.25) is 0 Å². The number of rotatable bonds is 12. The van der Waals surface area contributed by atoms with Crippen molar-refractivity contribution in [2.45, 2.75) is 70.5 Å². The molecule has 0 aliphatic heterocycles. The second-order valence-corrected chi connectivity index (χ2v) is 5.11. The molecule has 0 aromatic rings. The first-order valence-corrected chi connectivity index (χ1v) is 7.59. The molecule has 0 N–H and O–H groups in total. The third kappa shape index (κ3) is 8.06. The lowest BCUT2D eigenvalue weighted by atomic mass is 10.0. The molecule has 0 amide bonds. The molecule has 0 spiro atoms. The lowest BCUT2D eigenvalue weighted by molar-refractivity contribution is -0.212. The number of hydrogen-bond donors (Lipinski definition) is 1. The summed E-state index contributed by atoms with van der Waals surface area (Å²) in [6.07, 6.45) is 11.1. The first-order chi connectivity index (χ1) is 8.24. The molecule has 0 aliphatic rings. The Kier molecular flexibility index (Phi) is 11.5. The summed E-state index contributed by atoms with van der Waals surface area (Å²) in [5.41, 5.74) is 0. The van der Waals surface area contributed by atoms with Crippen LogP contribution in [0.2, 0.25) is 0 Å². The summed E-state index contributed by atoms with van der Waals surface area (Å²) in [4.78, 5) is 0. The first kappa shape index (κ1) is 17.3. The maximum Gasteiger partial charge on any atom is 0.168 e. The molecule has 104 valence electrons. The Labute approximate surface area is 113 Å². The van der Waals surface area contributed by atoms with Gasteiger partial charge in [0.15, 0.2) is 5.79 Å². The van der Waals surface area contributed by atoms with Gasteiger partial charge in [0.05, 0.1) is 0 Å². The molecular formula is C14H30O2S. The minimum absolute atomic E-state index is 0.398. The second-order valence-electron chi connectivity index (χ2n) is 4.66. The van der Waals surface area contributed by atoms with Gasteiger partial charge < -0.3 is 9.47 Å². The fourth-order valence-corrected chi connectivity index (χ4v) is 2.48. The van der Waals surface area contributed by atoms with Crippen LogP contribution in [0.15, 0.2) is 0 Å². The van der Waals surface area contributed by atoms with Crippen LogP contribution in [0.4, 0.5) is 0 Å². The van der Waals surface area contributed by atoms with Gasteiger partial charge >= 0.3 is 0 Å². The van der Waals surface area contributed by atoms with E-state index >= 15 is 0 Å². The van der Waals surface area contributed by atoms with Crippen LogP contribution in [0.3, 0.4) is 0 Å². The highest BCUT2D eigenvalue weighted by Crippen LogP contribution is 2.24. The summed E-state index contributed by atoms with van der Waals surface area (Å²) in [5, 5.41) is 0. The van der Waals surface area contributed by atoms with E-state index in [1.807, 2.05) is 0 Å². The van der Waals surface area contributed by atoms with Crippen LogP contribution in [0, 0.1) is 0 Å². The Hall–Kier alpha value is 0.270. The fourth-order valence-electron chi connectivity index (χ4n) is 2.14. The monoisotopic (exact) mass is 262 g/mol. The van der Waals surface area contributed by atoms with E-state index in [2.05, 4.69) is 19.6 Å². The van der Waals surface area contributed by atoms with E-state index in [-0.39, 0.29) is 0 Å². The van der Waals surface area contributed by atoms with Gasteiger partial charge in [0.25, 0.3) is 0 Å². The highest BCUT2D eigenvalue weighted by molar-refractivity contribution is 7.80. The quantitative estimate of drug-likeness (QED) is 0.318. The van der Waals surface area contributed by atoms with Crippen molar-refractivity contribution >= 4 is 12.6 Å². The zero-order valence-electron chi connectivity index (χ0n) is 11.8. The predicted molar refractivity (Wildman–Crippen MR) is 77.8 cm³/mol. The number of hydrogen-bond acceptors (Lipinski definition) is 3. The average molecular weight is 262 g/mol.